The quantitative estimate of drug-likeness (QED) is 0.446. The van der Waals surface area contributed by atoms with Crippen LogP contribution < -0.4 is 5.32 Å². The molecule has 0 unspecified atom stereocenters. The summed E-state index contributed by atoms with van der Waals surface area (Å²) in [5, 5.41) is 3.04. The molecule has 0 heterocycles. The number of Topliss-reactive ketones (excluding diaryl/α,β-unsaturated/α-hetero) is 1. The highest BCUT2D eigenvalue weighted by Gasteiger charge is 2.12. The number of anilines is 1. The van der Waals surface area contributed by atoms with Crippen molar-refractivity contribution in [2.45, 2.75) is 27.7 Å². The van der Waals surface area contributed by atoms with Crippen molar-refractivity contribution in [3.63, 3.8) is 0 Å². The second-order valence-corrected chi connectivity index (χ2v) is 6.51. The van der Waals surface area contributed by atoms with E-state index in [1.165, 1.54) is 12.1 Å². The average Bonchev–Trinajstić information content (AvgIpc) is 2.62. The molecule has 0 aliphatic carbocycles. The maximum atomic E-state index is 13.4. The van der Waals surface area contributed by atoms with Crippen LogP contribution in [0.5, 0.6) is 0 Å². The molecule has 0 saturated carbocycles. The lowest BCUT2D eigenvalue weighted by Crippen LogP contribution is -2.16. The summed E-state index contributed by atoms with van der Waals surface area (Å²) in [6.45, 7) is 8.78. The minimum absolute atomic E-state index is 0.0320. The summed E-state index contributed by atoms with van der Waals surface area (Å²) < 4.78 is 13.4. The number of carbonyl (C=O) groups is 1. The number of carbonyl (C=O) groups excluding carboxylic acids is 1. The minimum Gasteiger partial charge on any atom is -0.377 e. The molecular weight excluding hydrogens is 329 g/mol. The Morgan fingerprint density at radius 1 is 1.15 bits per heavy atom. The van der Waals surface area contributed by atoms with Crippen LogP contribution in [0.2, 0.25) is 0 Å². The summed E-state index contributed by atoms with van der Waals surface area (Å²) in [6.07, 6.45) is 1.79. The molecule has 138 valence electrons. The number of aliphatic imine (C=N–C) groups is 1. The molecule has 2 rings (SSSR count). The monoisotopic (exact) mass is 355 g/mol. The summed E-state index contributed by atoms with van der Waals surface area (Å²) in [5.41, 5.74) is 4.87. The van der Waals surface area contributed by atoms with E-state index >= 15 is 0 Å². The fraction of sp³-hybridized carbons (Fsp3) is 0.333. The number of rotatable bonds is 7. The first-order valence-electron chi connectivity index (χ1n) is 8.70. The molecule has 0 amide bonds. The predicted octanol–water partition coefficient (Wildman–Crippen LogP) is 4.66. The van der Waals surface area contributed by atoms with Crippen LogP contribution in [0.25, 0.3) is 0 Å². The van der Waals surface area contributed by atoms with Crippen LogP contribution in [-0.4, -0.2) is 37.2 Å². The minimum atomic E-state index is -0.322. The molecular formula is C21H26FN3O. The molecule has 4 nitrogen and oxygen atoms in total. The Morgan fingerprint density at radius 2 is 1.88 bits per heavy atom. The van der Waals surface area contributed by atoms with E-state index in [0.29, 0.717) is 11.3 Å². The van der Waals surface area contributed by atoms with Crippen LogP contribution in [0.3, 0.4) is 0 Å². The number of aryl methyl sites for hydroxylation is 3. The Labute approximate surface area is 154 Å². The molecule has 26 heavy (non-hydrogen) atoms. The number of hydrogen-bond acceptors (Lipinski definition) is 3. The molecule has 2 aromatic carbocycles. The number of ketones is 1. The van der Waals surface area contributed by atoms with Crippen LogP contribution in [0.1, 0.15) is 34.0 Å². The molecule has 2 aromatic rings. The zero-order valence-electron chi connectivity index (χ0n) is 16.1. The van der Waals surface area contributed by atoms with Gasteiger partial charge < -0.3 is 10.2 Å². The third-order valence-electron chi connectivity index (χ3n) is 4.38. The number of halogens is 1. The van der Waals surface area contributed by atoms with Gasteiger partial charge in [-0.25, -0.2) is 9.38 Å². The van der Waals surface area contributed by atoms with Crippen molar-refractivity contribution < 1.29 is 9.18 Å². The summed E-state index contributed by atoms with van der Waals surface area (Å²) in [5.74, 6) is -0.354. The van der Waals surface area contributed by atoms with Crippen molar-refractivity contribution in [3.8, 4) is 0 Å². The first-order valence-corrected chi connectivity index (χ1v) is 8.70. The van der Waals surface area contributed by atoms with Crippen LogP contribution in [0.4, 0.5) is 15.8 Å². The SMILES string of the molecule is CCN(C)C=Nc1cc(C)c(C(=O)CNc2cc(F)ccc2C)cc1C. The summed E-state index contributed by atoms with van der Waals surface area (Å²) in [6, 6.07) is 8.30. The van der Waals surface area contributed by atoms with Crippen molar-refractivity contribution in [3.05, 3.63) is 58.4 Å². The van der Waals surface area contributed by atoms with Gasteiger partial charge in [-0.05, 0) is 68.7 Å². The third-order valence-corrected chi connectivity index (χ3v) is 4.38. The number of benzene rings is 2. The van der Waals surface area contributed by atoms with Gasteiger partial charge in [0.25, 0.3) is 0 Å². The van der Waals surface area contributed by atoms with Crippen LogP contribution in [0, 0.1) is 26.6 Å². The number of nitrogens with one attached hydrogen (secondary N) is 1. The molecule has 1 N–H and O–H groups in total. The zero-order chi connectivity index (χ0) is 19.3. The average molecular weight is 355 g/mol. The first kappa shape index (κ1) is 19.6. The second kappa shape index (κ2) is 8.61. The van der Waals surface area contributed by atoms with Gasteiger partial charge in [0.05, 0.1) is 18.6 Å². The highest BCUT2D eigenvalue weighted by Crippen LogP contribution is 2.24. The maximum absolute atomic E-state index is 13.4. The Bertz CT molecular complexity index is 830. The number of nitrogens with zero attached hydrogens (tertiary/aromatic N) is 2. The van der Waals surface area contributed by atoms with E-state index in [4.69, 9.17) is 0 Å². The molecule has 0 radical (unpaired) electrons. The smallest absolute Gasteiger partial charge is 0.182 e. The largest absolute Gasteiger partial charge is 0.377 e. The molecule has 0 spiro atoms. The highest BCUT2D eigenvalue weighted by molar-refractivity contribution is 6.00. The lowest BCUT2D eigenvalue weighted by atomic mass is 10.00. The van der Waals surface area contributed by atoms with E-state index < -0.39 is 0 Å². The van der Waals surface area contributed by atoms with E-state index in [1.807, 2.05) is 44.9 Å². The molecule has 0 aliphatic rings. The molecule has 0 saturated heterocycles. The molecule has 5 heteroatoms. The molecule has 0 fully saturated rings. The van der Waals surface area contributed by atoms with Gasteiger partial charge in [-0.15, -0.1) is 0 Å². The van der Waals surface area contributed by atoms with E-state index in [1.54, 1.807) is 12.4 Å². The van der Waals surface area contributed by atoms with Crippen LogP contribution in [-0.2, 0) is 0 Å². The van der Waals surface area contributed by atoms with Crippen molar-refractivity contribution in [2.24, 2.45) is 4.99 Å². The Balaban J connectivity index is 2.15. The molecule has 0 aliphatic heterocycles. The van der Waals surface area contributed by atoms with Gasteiger partial charge >= 0.3 is 0 Å². The van der Waals surface area contributed by atoms with Crippen molar-refractivity contribution in [1.29, 1.82) is 0 Å². The topological polar surface area (TPSA) is 44.7 Å². The molecule has 0 atom stereocenters. The maximum Gasteiger partial charge on any atom is 0.182 e. The van der Waals surface area contributed by atoms with Crippen LogP contribution in [0.15, 0.2) is 35.3 Å². The fourth-order valence-electron chi connectivity index (χ4n) is 2.54. The summed E-state index contributed by atoms with van der Waals surface area (Å²) in [7, 11) is 1.96. The second-order valence-electron chi connectivity index (χ2n) is 6.51. The van der Waals surface area contributed by atoms with E-state index in [0.717, 1.165) is 28.9 Å². The van der Waals surface area contributed by atoms with E-state index in [2.05, 4.69) is 17.2 Å². The Hall–Kier alpha value is -2.69. The lowest BCUT2D eigenvalue weighted by molar-refractivity contribution is 0.101. The zero-order valence-corrected chi connectivity index (χ0v) is 16.1. The van der Waals surface area contributed by atoms with Crippen LogP contribution >= 0.6 is 0 Å². The van der Waals surface area contributed by atoms with Crippen molar-refractivity contribution >= 4 is 23.5 Å². The first-order chi connectivity index (χ1) is 12.3. The third kappa shape index (κ3) is 4.91. The van der Waals surface area contributed by atoms with Crippen molar-refractivity contribution in [2.75, 3.05) is 25.5 Å². The lowest BCUT2D eigenvalue weighted by Gasteiger charge is -2.13. The normalized spacial score (nSPS) is 11.0. The van der Waals surface area contributed by atoms with Gasteiger partial charge in [0, 0.05) is 24.8 Å². The molecule has 0 bridgehead atoms. The van der Waals surface area contributed by atoms with Gasteiger partial charge in [0.15, 0.2) is 5.78 Å². The van der Waals surface area contributed by atoms with Gasteiger partial charge in [0.1, 0.15) is 5.82 Å². The Morgan fingerprint density at radius 3 is 2.58 bits per heavy atom. The predicted molar refractivity (Wildman–Crippen MR) is 106 cm³/mol. The fourth-order valence-corrected chi connectivity index (χ4v) is 2.54. The summed E-state index contributed by atoms with van der Waals surface area (Å²) in [4.78, 5) is 19.1. The van der Waals surface area contributed by atoms with Gasteiger partial charge in [-0.1, -0.05) is 6.07 Å². The summed E-state index contributed by atoms with van der Waals surface area (Å²) >= 11 is 0. The van der Waals surface area contributed by atoms with E-state index in [9.17, 15) is 9.18 Å². The Kier molecular flexibility index (Phi) is 6.50. The van der Waals surface area contributed by atoms with Gasteiger partial charge in [-0.2, -0.15) is 0 Å². The standard InChI is InChI=1S/C21H26FN3O/c1-6-25(5)13-24-19-10-15(3)18(9-16(19)4)21(26)12-23-20-11-17(22)8-7-14(20)2/h7-11,13,23H,6,12H2,1-5H3. The molecule has 0 aromatic heterocycles. The number of hydrogen-bond donors (Lipinski definition) is 1. The van der Waals surface area contributed by atoms with Gasteiger partial charge in [0.2, 0.25) is 0 Å². The van der Waals surface area contributed by atoms with Crippen molar-refractivity contribution in [1.82, 2.24) is 4.90 Å². The van der Waals surface area contributed by atoms with Gasteiger partial charge in [-0.3, -0.25) is 4.79 Å². The highest BCUT2D eigenvalue weighted by atomic mass is 19.1. The van der Waals surface area contributed by atoms with E-state index in [-0.39, 0.29) is 18.1 Å².